The molecule has 8 heteroatoms. The third kappa shape index (κ3) is 7.15. The van der Waals surface area contributed by atoms with Gasteiger partial charge in [0.05, 0.1) is 6.04 Å². The highest BCUT2D eigenvalue weighted by Crippen LogP contribution is 2.43. The Balaban J connectivity index is 1.09. The van der Waals surface area contributed by atoms with Crippen molar-refractivity contribution < 1.29 is 9.59 Å². The molecule has 2 unspecified atom stereocenters. The summed E-state index contributed by atoms with van der Waals surface area (Å²) in [4.78, 5) is 29.4. The van der Waals surface area contributed by atoms with Crippen LogP contribution in [0.25, 0.3) is 34.2 Å². The molecule has 0 saturated heterocycles. The minimum absolute atomic E-state index is 0.0904. The van der Waals surface area contributed by atoms with Crippen LogP contribution in [0, 0.1) is 5.92 Å². The van der Waals surface area contributed by atoms with Crippen molar-refractivity contribution in [2.45, 2.75) is 50.9 Å². The molecule has 8 nitrogen and oxygen atoms in total. The van der Waals surface area contributed by atoms with Gasteiger partial charge in [-0.1, -0.05) is 196 Å². The number of benzene rings is 6. The standard InChI is InChI=1S/C52H46N6O2/c1-36(2)34-49(59)53-47-32-31-45-43-23-13-12-16-38(43)30-33-48(45)57(51(47)60)35-37-26-28-39(29-27-37)44-24-14-15-25-46(44)50-54-55-56-58(50)52(40-17-6-3-7-18-40,41-19-8-4-9-20-41)42-21-10-5-11-22-42/h3-31,33,36,47-48H,32,34-35H2,1-2H3,(H,53,59). The van der Waals surface area contributed by atoms with Gasteiger partial charge in [-0.25, -0.2) is 4.68 Å². The molecular weight excluding hydrogens is 741 g/mol. The average molecular weight is 787 g/mol. The monoisotopic (exact) mass is 786 g/mol. The van der Waals surface area contributed by atoms with Gasteiger partial charge in [-0.15, -0.1) is 5.10 Å². The second kappa shape index (κ2) is 16.6. The maximum atomic E-state index is 14.4. The largest absolute Gasteiger partial charge is 0.344 e. The smallest absolute Gasteiger partial charge is 0.246 e. The van der Waals surface area contributed by atoms with E-state index in [9.17, 15) is 9.59 Å². The number of rotatable bonds is 11. The normalized spacial score (nSPS) is 16.1. The summed E-state index contributed by atoms with van der Waals surface area (Å²) in [6.45, 7) is 4.39. The van der Waals surface area contributed by atoms with E-state index >= 15 is 0 Å². The summed E-state index contributed by atoms with van der Waals surface area (Å²) >= 11 is 0. The van der Waals surface area contributed by atoms with Crippen LogP contribution in [0.15, 0.2) is 176 Å². The maximum Gasteiger partial charge on any atom is 0.246 e. The molecule has 0 saturated carbocycles. The van der Waals surface area contributed by atoms with Crippen LogP contribution in [0.4, 0.5) is 0 Å². The third-order valence-electron chi connectivity index (χ3n) is 11.6. The summed E-state index contributed by atoms with van der Waals surface area (Å²) in [6.07, 6.45) is 7.15. The van der Waals surface area contributed by atoms with Crippen LogP contribution in [0.3, 0.4) is 0 Å². The van der Waals surface area contributed by atoms with Crippen LogP contribution in [0.2, 0.25) is 0 Å². The molecule has 9 rings (SSSR count). The van der Waals surface area contributed by atoms with Gasteiger partial charge in [-0.3, -0.25) is 9.59 Å². The Bertz CT molecular complexity index is 2590. The van der Waals surface area contributed by atoms with Crippen molar-refractivity contribution in [3.8, 4) is 22.5 Å². The van der Waals surface area contributed by atoms with Crippen LogP contribution >= 0.6 is 0 Å². The molecule has 2 aliphatic rings. The molecule has 1 N–H and O–H groups in total. The third-order valence-corrected chi connectivity index (χ3v) is 11.6. The van der Waals surface area contributed by atoms with Crippen molar-refractivity contribution in [2.75, 3.05) is 0 Å². The number of amides is 2. The number of aromatic nitrogens is 4. The van der Waals surface area contributed by atoms with E-state index in [1.807, 2.05) is 65.9 Å². The number of fused-ring (bicyclic) bond motifs is 3. The molecule has 0 spiro atoms. The highest BCUT2D eigenvalue weighted by atomic mass is 16.2. The maximum absolute atomic E-state index is 14.4. The summed E-state index contributed by atoms with van der Waals surface area (Å²) in [7, 11) is 0. The van der Waals surface area contributed by atoms with E-state index in [1.54, 1.807) is 0 Å². The fraction of sp³-hybridized carbons (Fsp3) is 0.173. The lowest BCUT2D eigenvalue weighted by molar-refractivity contribution is -0.137. The van der Waals surface area contributed by atoms with E-state index in [-0.39, 0.29) is 23.8 Å². The molecule has 2 atom stereocenters. The van der Waals surface area contributed by atoms with Crippen molar-refractivity contribution in [3.63, 3.8) is 0 Å². The van der Waals surface area contributed by atoms with Crippen molar-refractivity contribution >= 4 is 23.5 Å². The van der Waals surface area contributed by atoms with E-state index in [1.165, 1.54) is 0 Å². The minimum atomic E-state index is -0.896. The van der Waals surface area contributed by atoms with E-state index in [0.717, 1.165) is 55.6 Å². The first-order valence-electron chi connectivity index (χ1n) is 20.6. The molecular formula is C52H46N6O2. The van der Waals surface area contributed by atoms with Gasteiger partial charge in [0, 0.05) is 18.5 Å². The Kier molecular flexibility index (Phi) is 10.6. The fourth-order valence-electron chi connectivity index (χ4n) is 8.87. The SMILES string of the molecule is CC(C)CC(=O)NC1CC=C2c3ccccc3C=CC2N(Cc2ccc(-c3ccccc3-c3nnnn3C(c3ccccc3)(c3ccccc3)c3ccccc3)cc2)C1=O. The molecule has 1 aliphatic carbocycles. The van der Waals surface area contributed by atoms with Gasteiger partial charge in [-0.2, -0.15) is 0 Å². The molecule has 1 aromatic heterocycles. The second-order valence-electron chi connectivity index (χ2n) is 15.9. The Morgan fingerprint density at radius 3 is 1.90 bits per heavy atom. The summed E-state index contributed by atoms with van der Waals surface area (Å²) in [5.74, 6) is 0.612. The van der Waals surface area contributed by atoms with Crippen molar-refractivity contribution in [1.29, 1.82) is 0 Å². The first-order chi connectivity index (χ1) is 29.4. The number of nitrogens with one attached hydrogen (secondary N) is 1. The molecule has 1 aliphatic heterocycles. The molecule has 7 aromatic rings. The predicted octanol–water partition coefficient (Wildman–Crippen LogP) is 9.59. The van der Waals surface area contributed by atoms with Crippen molar-refractivity contribution in [2.24, 2.45) is 5.92 Å². The highest BCUT2D eigenvalue weighted by Gasteiger charge is 2.42. The van der Waals surface area contributed by atoms with Crippen LogP contribution in [0.1, 0.15) is 60.1 Å². The lowest BCUT2D eigenvalue weighted by Crippen LogP contribution is -2.50. The van der Waals surface area contributed by atoms with Gasteiger partial charge in [0.2, 0.25) is 11.8 Å². The zero-order chi connectivity index (χ0) is 41.1. The molecule has 2 amide bonds. The zero-order valence-electron chi connectivity index (χ0n) is 33.7. The quantitative estimate of drug-likeness (QED) is 0.132. The second-order valence-corrected chi connectivity index (χ2v) is 15.9. The number of hydrogen-bond donors (Lipinski definition) is 1. The molecule has 0 radical (unpaired) electrons. The summed E-state index contributed by atoms with van der Waals surface area (Å²) in [5, 5.41) is 16.9. The number of tetrazole rings is 1. The van der Waals surface area contributed by atoms with Crippen molar-refractivity contribution in [3.05, 3.63) is 209 Å². The fourth-order valence-corrected chi connectivity index (χ4v) is 8.87. The van der Waals surface area contributed by atoms with Gasteiger partial charge >= 0.3 is 0 Å². The number of nitrogens with zero attached hydrogens (tertiary/aromatic N) is 5. The molecule has 2 heterocycles. The Hall–Kier alpha value is -7.19. The lowest BCUT2D eigenvalue weighted by atomic mass is 9.77. The van der Waals surface area contributed by atoms with Gasteiger partial charge in [0.1, 0.15) is 11.6 Å². The average Bonchev–Trinajstić information content (AvgIpc) is 3.73. The van der Waals surface area contributed by atoms with Crippen LogP contribution in [0.5, 0.6) is 0 Å². The van der Waals surface area contributed by atoms with Gasteiger partial charge in [0.25, 0.3) is 0 Å². The molecule has 0 fully saturated rings. The number of carbonyl (C=O) groups excluding carboxylic acids is 2. The highest BCUT2D eigenvalue weighted by molar-refractivity contribution is 5.93. The topological polar surface area (TPSA) is 93.0 Å². The lowest BCUT2D eigenvalue weighted by Gasteiger charge is -2.36. The first kappa shape index (κ1) is 38.3. The van der Waals surface area contributed by atoms with Gasteiger partial charge in [0.15, 0.2) is 5.82 Å². The molecule has 296 valence electrons. The Labute approximate surface area is 350 Å². The van der Waals surface area contributed by atoms with Crippen LogP contribution < -0.4 is 5.32 Å². The predicted molar refractivity (Wildman–Crippen MR) is 237 cm³/mol. The summed E-state index contributed by atoms with van der Waals surface area (Å²) in [5.41, 5.74) is 9.32. The van der Waals surface area contributed by atoms with Gasteiger partial charge in [-0.05, 0) is 72.8 Å². The summed E-state index contributed by atoms with van der Waals surface area (Å²) in [6, 6.07) is 55.2. The molecule has 6 aromatic carbocycles. The number of hydrogen-bond acceptors (Lipinski definition) is 5. The zero-order valence-corrected chi connectivity index (χ0v) is 33.7. The Morgan fingerprint density at radius 1 is 0.717 bits per heavy atom. The van der Waals surface area contributed by atoms with Gasteiger partial charge < -0.3 is 10.2 Å². The molecule has 60 heavy (non-hydrogen) atoms. The van der Waals surface area contributed by atoms with E-state index in [2.05, 4.69) is 150 Å². The molecule has 0 bridgehead atoms. The first-order valence-corrected chi connectivity index (χ1v) is 20.6. The van der Waals surface area contributed by atoms with E-state index in [0.29, 0.717) is 25.2 Å². The minimum Gasteiger partial charge on any atom is -0.344 e. The van der Waals surface area contributed by atoms with Crippen LogP contribution in [-0.4, -0.2) is 49.0 Å². The number of carbonyl (C=O) groups is 2. The van der Waals surface area contributed by atoms with E-state index < -0.39 is 11.6 Å². The summed E-state index contributed by atoms with van der Waals surface area (Å²) < 4.78 is 1.96. The van der Waals surface area contributed by atoms with Crippen molar-refractivity contribution in [1.82, 2.24) is 30.4 Å². The van der Waals surface area contributed by atoms with Crippen LogP contribution in [-0.2, 0) is 21.7 Å². The Morgan fingerprint density at radius 2 is 1.28 bits per heavy atom. The van der Waals surface area contributed by atoms with E-state index in [4.69, 9.17) is 10.3 Å².